The van der Waals surface area contributed by atoms with E-state index in [2.05, 4.69) is 37.9 Å². The SMILES string of the molecule is CN1CCC(N(C(=O)Nc2cc(Oc3ccc(NC(=S)NC(=O)Cc4ccc(F)cc4)cc3F)ncn2)C2CC2)CC1. The van der Waals surface area contributed by atoms with Crippen LogP contribution in [0.15, 0.2) is 54.9 Å². The van der Waals surface area contributed by atoms with E-state index >= 15 is 0 Å². The van der Waals surface area contributed by atoms with Crippen molar-refractivity contribution in [2.45, 2.75) is 44.2 Å². The molecule has 2 aliphatic rings. The Balaban J connectivity index is 1.15. The second-order valence-corrected chi connectivity index (χ2v) is 10.8. The molecule has 0 atom stereocenters. The van der Waals surface area contributed by atoms with E-state index in [-0.39, 0.29) is 52.8 Å². The molecule has 2 heterocycles. The molecule has 0 unspecified atom stereocenters. The second kappa shape index (κ2) is 13.2. The maximum Gasteiger partial charge on any atom is 0.323 e. The van der Waals surface area contributed by atoms with Gasteiger partial charge in [0, 0.05) is 29.9 Å². The van der Waals surface area contributed by atoms with Gasteiger partial charge in [0.1, 0.15) is 18.0 Å². The average Bonchev–Trinajstić information content (AvgIpc) is 3.78. The van der Waals surface area contributed by atoms with Crippen molar-refractivity contribution in [1.29, 1.82) is 0 Å². The molecule has 1 aliphatic heterocycles. The number of anilines is 2. The zero-order chi connectivity index (χ0) is 29.6. The van der Waals surface area contributed by atoms with Crippen molar-refractivity contribution in [2.75, 3.05) is 30.8 Å². The van der Waals surface area contributed by atoms with Crippen molar-refractivity contribution in [2.24, 2.45) is 0 Å². The van der Waals surface area contributed by atoms with E-state index < -0.39 is 17.5 Å². The number of nitrogens with zero attached hydrogens (tertiary/aromatic N) is 4. The Hall–Kier alpha value is -4.23. The molecule has 2 aromatic carbocycles. The number of carbonyl (C=O) groups excluding carboxylic acids is 2. The van der Waals surface area contributed by atoms with Crippen molar-refractivity contribution in [3.63, 3.8) is 0 Å². The summed E-state index contributed by atoms with van der Waals surface area (Å²) in [6, 6.07) is 11.3. The molecule has 3 amide bonds. The molecule has 1 saturated heterocycles. The van der Waals surface area contributed by atoms with Gasteiger partial charge in [-0.2, -0.15) is 0 Å². The molecular weight excluding hydrogens is 564 g/mol. The fourth-order valence-electron chi connectivity index (χ4n) is 4.79. The molecule has 0 bridgehead atoms. The molecule has 1 saturated carbocycles. The quantitative estimate of drug-likeness (QED) is 0.322. The predicted octanol–water partition coefficient (Wildman–Crippen LogP) is 4.69. The summed E-state index contributed by atoms with van der Waals surface area (Å²) < 4.78 is 33.5. The van der Waals surface area contributed by atoms with Crippen LogP contribution in [0.25, 0.3) is 0 Å². The molecule has 1 aliphatic carbocycles. The summed E-state index contributed by atoms with van der Waals surface area (Å²) >= 11 is 5.15. The molecule has 3 N–H and O–H groups in total. The summed E-state index contributed by atoms with van der Waals surface area (Å²) in [6.45, 7) is 1.90. The zero-order valence-corrected chi connectivity index (χ0v) is 23.8. The first-order valence-electron chi connectivity index (χ1n) is 13.7. The Morgan fingerprint density at radius 3 is 2.40 bits per heavy atom. The minimum Gasteiger partial charge on any atom is -0.436 e. The number of amides is 3. The average molecular weight is 596 g/mol. The van der Waals surface area contributed by atoms with Crippen LogP contribution in [-0.2, 0) is 11.2 Å². The number of piperidine rings is 1. The molecule has 2 fully saturated rings. The third kappa shape index (κ3) is 7.95. The van der Waals surface area contributed by atoms with Crippen molar-refractivity contribution < 1.29 is 23.1 Å². The maximum atomic E-state index is 14.9. The van der Waals surface area contributed by atoms with Crippen LogP contribution in [0.5, 0.6) is 11.6 Å². The standard InChI is InChI=1S/C29H31F2N7O3S/c1-37-12-10-22(11-13-37)38(21-7-8-21)29(40)35-25-16-27(33-17-32-25)41-24-9-6-20(15-23(24)31)34-28(42)36-26(39)14-18-2-4-19(30)5-3-18/h2-6,9,15-17,21-22H,7-8,10-14H2,1H3,(H,32,33,35,40)(H2,34,36,39,42). The normalized spacial score (nSPS) is 15.5. The third-order valence-electron chi connectivity index (χ3n) is 7.07. The maximum absolute atomic E-state index is 14.9. The highest BCUT2D eigenvalue weighted by molar-refractivity contribution is 7.80. The van der Waals surface area contributed by atoms with Crippen LogP contribution in [0.3, 0.4) is 0 Å². The number of thiocarbonyl (C=S) groups is 1. The highest BCUT2D eigenvalue weighted by Gasteiger charge is 2.38. The lowest BCUT2D eigenvalue weighted by atomic mass is 10.0. The van der Waals surface area contributed by atoms with Gasteiger partial charge in [0.2, 0.25) is 11.8 Å². The van der Waals surface area contributed by atoms with Gasteiger partial charge in [-0.1, -0.05) is 12.1 Å². The number of hydrogen-bond donors (Lipinski definition) is 3. The van der Waals surface area contributed by atoms with Crippen LogP contribution >= 0.6 is 12.2 Å². The number of nitrogens with one attached hydrogen (secondary N) is 3. The van der Waals surface area contributed by atoms with E-state index in [0.29, 0.717) is 5.56 Å². The monoisotopic (exact) mass is 595 g/mol. The number of ether oxygens (including phenoxy) is 1. The van der Waals surface area contributed by atoms with E-state index in [1.54, 1.807) is 0 Å². The summed E-state index contributed by atoms with van der Waals surface area (Å²) in [4.78, 5) is 37.8. The zero-order valence-electron chi connectivity index (χ0n) is 23.0. The number of halogens is 2. The van der Waals surface area contributed by atoms with Gasteiger partial charge in [0.15, 0.2) is 16.7 Å². The van der Waals surface area contributed by atoms with Gasteiger partial charge in [-0.15, -0.1) is 0 Å². The summed E-state index contributed by atoms with van der Waals surface area (Å²) in [5.41, 5.74) is 0.908. The predicted molar refractivity (Wildman–Crippen MR) is 157 cm³/mol. The third-order valence-corrected chi connectivity index (χ3v) is 7.27. The van der Waals surface area contributed by atoms with Crippen LogP contribution in [-0.4, -0.2) is 69.0 Å². The first-order valence-corrected chi connectivity index (χ1v) is 14.1. The summed E-state index contributed by atoms with van der Waals surface area (Å²) in [7, 11) is 2.08. The van der Waals surface area contributed by atoms with Crippen LogP contribution in [0, 0.1) is 11.6 Å². The first kappa shape index (κ1) is 29.3. The molecule has 220 valence electrons. The Labute approximate surface area is 247 Å². The van der Waals surface area contributed by atoms with Gasteiger partial charge in [-0.25, -0.2) is 23.5 Å². The van der Waals surface area contributed by atoms with Crippen LogP contribution in [0.2, 0.25) is 0 Å². The van der Waals surface area contributed by atoms with Gasteiger partial charge >= 0.3 is 6.03 Å². The molecule has 1 aromatic heterocycles. The number of aromatic nitrogens is 2. The van der Waals surface area contributed by atoms with Crippen LogP contribution in [0.1, 0.15) is 31.2 Å². The number of benzene rings is 2. The lowest BCUT2D eigenvalue weighted by molar-refractivity contribution is -0.119. The number of rotatable bonds is 8. The molecule has 5 rings (SSSR count). The molecule has 42 heavy (non-hydrogen) atoms. The first-order chi connectivity index (χ1) is 20.2. The van der Waals surface area contributed by atoms with Gasteiger partial charge in [0.25, 0.3) is 0 Å². The van der Waals surface area contributed by atoms with Gasteiger partial charge < -0.3 is 25.2 Å². The van der Waals surface area contributed by atoms with E-state index in [9.17, 15) is 18.4 Å². The molecule has 0 radical (unpaired) electrons. The fourth-order valence-corrected chi connectivity index (χ4v) is 5.02. The Kier molecular flexibility index (Phi) is 9.18. The number of carbonyl (C=O) groups is 2. The number of likely N-dealkylation sites (tertiary alicyclic amines) is 1. The lowest BCUT2D eigenvalue weighted by Crippen LogP contribution is -2.49. The Morgan fingerprint density at radius 2 is 1.71 bits per heavy atom. The summed E-state index contributed by atoms with van der Waals surface area (Å²) in [6.07, 6.45) is 5.08. The number of urea groups is 1. The van der Waals surface area contributed by atoms with Crippen molar-refractivity contribution in [3.05, 3.63) is 72.1 Å². The Morgan fingerprint density at radius 1 is 1.00 bits per heavy atom. The molecule has 3 aromatic rings. The Bertz CT molecular complexity index is 1450. The highest BCUT2D eigenvalue weighted by atomic mass is 32.1. The summed E-state index contributed by atoms with van der Waals surface area (Å²) in [5, 5.41) is 8.08. The minimum absolute atomic E-state index is 0.00139. The topological polar surface area (TPSA) is 112 Å². The molecule has 10 nitrogen and oxygen atoms in total. The molecular formula is C29H31F2N7O3S. The van der Waals surface area contributed by atoms with Gasteiger partial charge in [0.05, 0.1) is 6.42 Å². The van der Waals surface area contributed by atoms with E-state index in [1.165, 1.54) is 48.8 Å². The van der Waals surface area contributed by atoms with E-state index in [0.717, 1.165) is 44.8 Å². The van der Waals surface area contributed by atoms with Crippen molar-refractivity contribution >= 4 is 40.8 Å². The van der Waals surface area contributed by atoms with Crippen molar-refractivity contribution in [3.8, 4) is 11.6 Å². The number of hydrogen-bond acceptors (Lipinski definition) is 7. The highest BCUT2D eigenvalue weighted by Crippen LogP contribution is 2.33. The van der Waals surface area contributed by atoms with E-state index in [1.807, 2.05) is 4.90 Å². The summed E-state index contributed by atoms with van der Waals surface area (Å²) in [5.74, 6) is -1.29. The molecule has 0 spiro atoms. The van der Waals surface area contributed by atoms with Crippen LogP contribution < -0.4 is 20.7 Å². The van der Waals surface area contributed by atoms with Gasteiger partial charge in [-0.05, 0) is 87.9 Å². The lowest BCUT2D eigenvalue weighted by Gasteiger charge is -2.37. The second-order valence-electron chi connectivity index (χ2n) is 10.4. The largest absolute Gasteiger partial charge is 0.436 e. The van der Waals surface area contributed by atoms with Gasteiger partial charge in [-0.3, -0.25) is 10.1 Å². The fraction of sp³-hybridized carbons (Fsp3) is 0.345. The van der Waals surface area contributed by atoms with Crippen LogP contribution in [0.4, 0.5) is 25.1 Å². The smallest absolute Gasteiger partial charge is 0.323 e. The van der Waals surface area contributed by atoms with Crippen molar-refractivity contribution in [1.82, 2.24) is 25.1 Å². The van der Waals surface area contributed by atoms with E-state index in [4.69, 9.17) is 17.0 Å². The minimum atomic E-state index is -0.702. The molecule has 13 heteroatoms.